The molecule has 76 valence electrons. The van der Waals surface area contributed by atoms with Gasteiger partial charge in [0.15, 0.2) is 0 Å². The molecule has 0 unspecified atom stereocenters. The number of carbonyl (C=O) groups excluding carboxylic acids is 1. The van der Waals surface area contributed by atoms with E-state index in [1.54, 1.807) is 4.90 Å². The van der Waals surface area contributed by atoms with Crippen molar-refractivity contribution < 1.29 is 4.79 Å². The van der Waals surface area contributed by atoms with E-state index in [9.17, 15) is 4.79 Å². The average molecular weight is 192 g/mol. The van der Waals surface area contributed by atoms with Crippen LogP contribution in [0.25, 0.3) is 0 Å². The predicted molar refractivity (Wildman–Crippen MR) is 54.4 cm³/mol. The molecule has 0 aliphatic carbocycles. The van der Waals surface area contributed by atoms with Gasteiger partial charge in [-0.05, 0) is 26.7 Å². The Kier molecular flexibility index (Phi) is 3.70. The minimum atomic E-state index is -0.0362. The molecule has 3 heteroatoms. The van der Waals surface area contributed by atoms with Gasteiger partial charge in [-0.2, -0.15) is 5.26 Å². The topological polar surface area (TPSA) is 44.1 Å². The Hall–Kier alpha value is -1.30. The third-order valence-corrected chi connectivity index (χ3v) is 2.58. The third-order valence-electron chi connectivity index (χ3n) is 2.58. The SMILES string of the molecule is CC(C)=C1CCCN(C(=O)CC#N)C1. The van der Waals surface area contributed by atoms with Crippen LogP contribution in [-0.2, 0) is 4.79 Å². The van der Waals surface area contributed by atoms with E-state index in [4.69, 9.17) is 5.26 Å². The summed E-state index contributed by atoms with van der Waals surface area (Å²) in [5.41, 5.74) is 2.65. The van der Waals surface area contributed by atoms with Gasteiger partial charge < -0.3 is 4.90 Å². The molecule has 3 nitrogen and oxygen atoms in total. The van der Waals surface area contributed by atoms with Gasteiger partial charge in [-0.3, -0.25) is 4.79 Å². The largest absolute Gasteiger partial charge is 0.338 e. The van der Waals surface area contributed by atoms with E-state index in [-0.39, 0.29) is 12.3 Å². The number of hydrogen-bond acceptors (Lipinski definition) is 2. The van der Waals surface area contributed by atoms with Gasteiger partial charge >= 0.3 is 0 Å². The zero-order chi connectivity index (χ0) is 10.6. The van der Waals surface area contributed by atoms with Crippen LogP contribution in [0.4, 0.5) is 0 Å². The number of amides is 1. The van der Waals surface area contributed by atoms with Gasteiger partial charge in [0.25, 0.3) is 0 Å². The Labute approximate surface area is 85.0 Å². The summed E-state index contributed by atoms with van der Waals surface area (Å²) < 4.78 is 0. The van der Waals surface area contributed by atoms with Gasteiger partial charge in [-0.1, -0.05) is 11.1 Å². The second-order valence-corrected chi connectivity index (χ2v) is 3.86. The summed E-state index contributed by atoms with van der Waals surface area (Å²) in [6.07, 6.45) is 2.13. The van der Waals surface area contributed by atoms with Gasteiger partial charge in [0.2, 0.25) is 5.91 Å². The van der Waals surface area contributed by atoms with Crippen LogP contribution in [0.1, 0.15) is 33.1 Å². The lowest BCUT2D eigenvalue weighted by Crippen LogP contribution is -2.36. The summed E-state index contributed by atoms with van der Waals surface area (Å²) in [6, 6.07) is 1.90. The van der Waals surface area contributed by atoms with Crippen molar-refractivity contribution in [3.63, 3.8) is 0 Å². The van der Waals surface area contributed by atoms with Gasteiger partial charge in [0, 0.05) is 13.1 Å². The second kappa shape index (κ2) is 4.80. The van der Waals surface area contributed by atoms with Crippen molar-refractivity contribution in [3.05, 3.63) is 11.1 Å². The number of allylic oxidation sites excluding steroid dienone is 1. The van der Waals surface area contributed by atoms with Gasteiger partial charge in [-0.25, -0.2) is 0 Å². The highest BCUT2D eigenvalue weighted by Crippen LogP contribution is 2.19. The minimum Gasteiger partial charge on any atom is -0.338 e. The number of rotatable bonds is 1. The third kappa shape index (κ3) is 2.59. The molecule has 0 radical (unpaired) electrons. The van der Waals surface area contributed by atoms with Crippen molar-refractivity contribution in [1.29, 1.82) is 5.26 Å². The first kappa shape index (κ1) is 10.8. The summed E-state index contributed by atoms with van der Waals surface area (Å²) in [6.45, 7) is 5.68. The van der Waals surface area contributed by atoms with Crippen molar-refractivity contribution in [2.45, 2.75) is 33.1 Å². The number of hydrogen-bond donors (Lipinski definition) is 0. The van der Waals surface area contributed by atoms with Crippen LogP contribution in [0.15, 0.2) is 11.1 Å². The Bertz CT molecular complexity index is 295. The molecule has 1 saturated heterocycles. The fourth-order valence-corrected chi connectivity index (χ4v) is 1.67. The Morgan fingerprint density at radius 2 is 2.29 bits per heavy atom. The molecular weight excluding hydrogens is 176 g/mol. The molecule has 1 fully saturated rings. The molecule has 0 bridgehead atoms. The maximum atomic E-state index is 11.4. The van der Waals surface area contributed by atoms with E-state index >= 15 is 0 Å². The number of nitrogens with zero attached hydrogens (tertiary/aromatic N) is 2. The monoisotopic (exact) mass is 192 g/mol. The van der Waals surface area contributed by atoms with Gasteiger partial charge in [0.1, 0.15) is 6.42 Å². The van der Waals surface area contributed by atoms with Crippen molar-refractivity contribution in [1.82, 2.24) is 4.90 Å². The average Bonchev–Trinajstić information content (AvgIpc) is 2.18. The van der Waals surface area contributed by atoms with E-state index in [0.29, 0.717) is 0 Å². The van der Waals surface area contributed by atoms with Crippen LogP contribution in [0.3, 0.4) is 0 Å². The smallest absolute Gasteiger partial charge is 0.237 e. The molecule has 1 amide bonds. The molecule has 1 aliphatic rings. The highest BCUT2D eigenvalue weighted by molar-refractivity contribution is 5.78. The van der Waals surface area contributed by atoms with Crippen LogP contribution in [-0.4, -0.2) is 23.9 Å². The Balaban J connectivity index is 2.62. The van der Waals surface area contributed by atoms with Crippen molar-refractivity contribution in [2.75, 3.05) is 13.1 Å². The Morgan fingerprint density at radius 3 is 2.86 bits per heavy atom. The summed E-state index contributed by atoms with van der Waals surface area (Å²) >= 11 is 0. The molecule has 0 aromatic carbocycles. The first-order valence-corrected chi connectivity index (χ1v) is 4.95. The molecule has 0 N–H and O–H groups in total. The highest BCUT2D eigenvalue weighted by atomic mass is 16.2. The lowest BCUT2D eigenvalue weighted by Gasteiger charge is -2.29. The number of piperidine rings is 1. The van der Waals surface area contributed by atoms with E-state index in [0.717, 1.165) is 25.9 Å². The highest BCUT2D eigenvalue weighted by Gasteiger charge is 2.19. The standard InChI is InChI=1S/C11H16N2O/c1-9(2)10-4-3-7-13(8-10)11(14)5-6-12/h3-5,7-8H2,1-2H3. The lowest BCUT2D eigenvalue weighted by molar-refractivity contribution is -0.130. The number of likely N-dealkylation sites (tertiary alicyclic amines) is 1. The van der Waals surface area contributed by atoms with Crippen molar-refractivity contribution in [2.24, 2.45) is 0 Å². The first-order chi connectivity index (χ1) is 6.65. The van der Waals surface area contributed by atoms with Crippen LogP contribution in [0.5, 0.6) is 0 Å². The summed E-state index contributed by atoms with van der Waals surface area (Å²) in [5.74, 6) is -0.0362. The zero-order valence-corrected chi connectivity index (χ0v) is 8.84. The normalized spacial score (nSPS) is 16.4. The van der Waals surface area contributed by atoms with E-state index in [2.05, 4.69) is 13.8 Å². The van der Waals surface area contributed by atoms with Crippen LogP contribution in [0, 0.1) is 11.3 Å². The van der Waals surface area contributed by atoms with Gasteiger partial charge in [-0.15, -0.1) is 0 Å². The molecule has 1 heterocycles. The maximum absolute atomic E-state index is 11.4. The maximum Gasteiger partial charge on any atom is 0.237 e. The van der Waals surface area contributed by atoms with Crippen molar-refractivity contribution >= 4 is 5.91 Å². The van der Waals surface area contributed by atoms with Crippen LogP contribution < -0.4 is 0 Å². The first-order valence-electron chi connectivity index (χ1n) is 4.95. The fraction of sp³-hybridized carbons (Fsp3) is 0.636. The molecule has 0 aromatic heterocycles. The number of carbonyl (C=O) groups is 1. The zero-order valence-electron chi connectivity index (χ0n) is 8.84. The lowest BCUT2D eigenvalue weighted by atomic mass is 10.0. The van der Waals surface area contributed by atoms with Crippen molar-refractivity contribution in [3.8, 4) is 6.07 Å². The molecule has 0 atom stereocenters. The quantitative estimate of drug-likeness (QED) is 0.595. The number of nitriles is 1. The van der Waals surface area contributed by atoms with Crippen LogP contribution in [0.2, 0.25) is 0 Å². The molecule has 0 aromatic rings. The molecule has 1 aliphatic heterocycles. The van der Waals surface area contributed by atoms with Gasteiger partial charge in [0.05, 0.1) is 6.07 Å². The van der Waals surface area contributed by atoms with E-state index in [1.807, 2.05) is 6.07 Å². The Morgan fingerprint density at radius 1 is 1.57 bits per heavy atom. The van der Waals surface area contributed by atoms with E-state index in [1.165, 1.54) is 11.1 Å². The molecule has 0 saturated carbocycles. The molecule has 14 heavy (non-hydrogen) atoms. The van der Waals surface area contributed by atoms with E-state index < -0.39 is 0 Å². The predicted octanol–water partition coefficient (Wildman–Crippen LogP) is 1.86. The van der Waals surface area contributed by atoms with Crippen LogP contribution >= 0.6 is 0 Å². The molecular formula is C11H16N2O. The molecule has 1 rings (SSSR count). The summed E-state index contributed by atoms with van der Waals surface area (Å²) in [5, 5.41) is 8.43. The minimum absolute atomic E-state index is 0.00996. The molecule has 0 spiro atoms. The summed E-state index contributed by atoms with van der Waals surface area (Å²) in [4.78, 5) is 13.2. The fourth-order valence-electron chi connectivity index (χ4n) is 1.67. The second-order valence-electron chi connectivity index (χ2n) is 3.86. The summed E-state index contributed by atoms with van der Waals surface area (Å²) in [7, 11) is 0.